The van der Waals surface area contributed by atoms with E-state index in [0.717, 1.165) is 22.4 Å². The average molecular weight is 441 g/mol. The Balaban J connectivity index is 1.75. The fraction of sp³-hybridized carbons (Fsp3) is 0.250. The second kappa shape index (κ2) is 8.32. The maximum absolute atomic E-state index is 13.4. The van der Waals surface area contributed by atoms with Crippen molar-refractivity contribution in [2.75, 3.05) is 4.90 Å². The molecule has 0 fully saturated rings. The van der Waals surface area contributed by atoms with Crippen molar-refractivity contribution in [3.05, 3.63) is 111 Å². The molecule has 5 heteroatoms. The summed E-state index contributed by atoms with van der Waals surface area (Å²) in [5.74, 6) is -0.0706. The van der Waals surface area contributed by atoms with Gasteiger partial charge in [-0.15, -0.1) is 0 Å². The smallest absolute Gasteiger partial charge is 0.269 e. The molecule has 0 N–H and O–H groups in total. The first-order valence-corrected chi connectivity index (χ1v) is 11.1. The Morgan fingerprint density at radius 1 is 0.970 bits per heavy atom. The summed E-state index contributed by atoms with van der Waals surface area (Å²) >= 11 is 0. The van der Waals surface area contributed by atoms with Gasteiger partial charge in [0, 0.05) is 34.9 Å². The van der Waals surface area contributed by atoms with Crippen LogP contribution in [-0.4, -0.2) is 16.4 Å². The van der Waals surface area contributed by atoms with Gasteiger partial charge in [0.1, 0.15) is 0 Å². The van der Waals surface area contributed by atoms with Gasteiger partial charge in [0.2, 0.25) is 0 Å². The standard InChI is InChI=1S/C28H28N2O3/c1-20-9-11-21(12-10-20)13-18-26(31)29-25-8-6-5-7-24(25)28(4,19-27(29,2)3)22-14-16-23(17-15-22)30(32)33/h5-18H,19H2,1-4H3/b18-13+/t28-/m0/s1. The van der Waals surface area contributed by atoms with Crippen molar-refractivity contribution in [1.29, 1.82) is 0 Å². The quantitative estimate of drug-likeness (QED) is 0.266. The van der Waals surface area contributed by atoms with Gasteiger partial charge in [-0.05, 0) is 56.0 Å². The molecular weight excluding hydrogens is 412 g/mol. The topological polar surface area (TPSA) is 63.5 Å². The number of benzene rings is 3. The largest absolute Gasteiger partial charge is 0.303 e. The average Bonchev–Trinajstić information content (AvgIpc) is 2.78. The molecule has 5 nitrogen and oxygen atoms in total. The third-order valence-electron chi connectivity index (χ3n) is 6.56. The molecule has 0 spiro atoms. The van der Waals surface area contributed by atoms with Gasteiger partial charge in [0.15, 0.2) is 0 Å². The van der Waals surface area contributed by atoms with Crippen LogP contribution < -0.4 is 4.90 Å². The number of nitro groups is 1. The van der Waals surface area contributed by atoms with E-state index in [1.165, 1.54) is 5.56 Å². The third kappa shape index (κ3) is 4.19. The molecule has 4 rings (SSSR count). The minimum atomic E-state index is -0.473. The van der Waals surface area contributed by atoms with Crippen LogP contribution in [-0.2, 0) is 10.2 Å². The zero-order valence-corrected chi connectivity index (χ0v) is 19.4. The molecule has 1 aliphatic rings. The molecule has 0 aliphatic carbocycles. The fourth-order valence-electron chi connectivity index (χ4n) is 5.05. The molecule has 0 saturated carbocycles. The van der Waals surface area contributed by atoms with Gasteiger partial charge in [0.25, 0.3) is 11.6 Å². The van der Waals surface area contributed by atoms with E-state index in [1.807, 2.05) is 72.5 Å². The van der Waals surface area contributed by atoms with Gasteiger partial charge < -0.3 is 4.90 Å². The summed E-state index contributed by atoms with van der Waals surface area (Å²) in [6.07, 6.45) is 4.17. The highest BCUT2D eigenvalue weighted by Gasteiger charge is 2.47. The number of hydrogen-bond acceptors (Lipinski definition) is 3. The first kappa shape index (κ1) is 22.5. The van der Waals surface area contributed by atoms with Crippen LogP contribution in [0.2, 0.25) is 0 Å². The van der Waals surface area contributed by atoms with Crippen LogP contribution in [0.5, 0.6) is 0 Å². The van der Waals surface area contributed by atoms with Crippen LogP contribution in [0.25, 0.3) is 6.08 Å². The van der Waals surface area contributed by atoms with Gasteiger partial charge in [0.05, 0.1) is 4.92 Å². The number of fused-ring (bicyclic) bond motifs is 1. The third-order valence-corrected chi connectivity index (χ3v) is 6.56. The lowest BCUT2D eigenvalue weighted by molar-refractivity contribution is -0.384. The number of para-hydroxylation sites is 1. The van der Waals surface area contributed by atoms with E-state index in [1.54, 1.807) is 18.2 Å². The number of anilines is 1. The SMILES string of the molecule is Cc1ccc(/C=C/C(=O)N2c3ccccc3[C@](C)(c3ccc([N+](=O)[O-])cc3)CC2(C)C)cc1. The predicted octanol–water partition coefficient (Wildman–Crippen LogP) is 6.44. The molecule has 3 aromatic carbocycles. The Kier molecular flexibility index (Phi) is 5.66. The van der Waals surface area contributed by atoms with E-state index < -0.39 is 11.0 Å². The number of carbonyl (C=O) groups is 1. The number of hydrogen-bond donors (Lipinski definition) is 0. The van der Waals surface area contributed by atoms with E-state index in [-0.39, 0.29) is 16.5 Å². The van der Waals surface area contributed by atoms with Gasteiger partial charge in [-0.25, -0.2) is 0 Å². The Morgan fingerprint density at radius 3 is 2.24 bits per heavy atom. The summed E-state index contributed by atoms with van der Waals surface area (Å²) in [5, 5.41) is 11.1. The van der Waals surface area contributed by atoms with Crippen LogP contribution in [0.1, 0.15) is 49.4 Å². The molecule has 0 unspecified atom stereocenters. The summed E-state index contributed by atoms with van der Waals surface area (Å²) in [4.78, 5) is 26.1. The van der Waals surface area contributed by atoms with E-state index >= 15 is 0 Å². The molecule has 3 aromatic rings. The zero-order valence-electron chi connectivity index (χ0n) is 19.4. The first-order chi connectivity index (χ1) is 15.6. The van der Waals surface area contributed by atoms with E-state index in [4.69, 9.17) is 0 Å². The van der Waals surface area contributed by atoms with Crippen molar-refractivity contribution in [2.45, 2.75) is 45.1 Å². The lowest BCUT2D eigenvalue weighted by Crippen LogP contribution is -2.55. The number of aryl methyl sites for hydroxylation is 1. The molecule has 0 bridgehead atoms. The molecule has 0 aromatic heterocycles. The second-order valence-electron chi connectivity index (χ2n) is 9.56. The van der Waals surface area contributed by atoms with Crippen LogP contribution >= 0.6 is 0 Å². The van der Waals surface area contributed by atoms with Gasteiger partial charge in [-0.1, -0.05) is 67.1 Å². The summed E-state index contributed by atoms with van der Waals surface area (Å²) in [7, 11) is 0. The fourth-order valence-corrected chi connectivity index (χ4v) is 5.05. The molecule has 1 atom stereocenters. The molecule has 0 saturated heterocycles. The van der Waals surface area contributed by atoms with E-state index in [9.17, 15) is 14.9 Å². The predicted molar refractivity (Wildman–Crippen MR) is 132 cm³/mol. The summed E-state index contributed by atoms with van der Waals surface area (Å²) in [6, 6.07) is 22.8. The van der Waals surface area contributed by atoms with Crippen LogP contribution in [0.15, 0.2) is 78.9 Å². The zero-order chi connectivity index (χ0) is 23.8. The molecule has 0 radical (unpaired) electrons. The molecule has 1 aliphatic heterocycles. The van der Waals surface area contributed by atoms with Crippen LogP contribution in [0.3, 0.4) is 0 Å². The summed E-state index contributed by atoms with van der Waals surface area (Å²) in [5.41, 5.74) is 4.26. The Morgan fingerprint density at radius 2 is 1.61 bits per heavy atom. The molecule has 33 heavy (non-hydrogen) atoms. The highest BCUT2D eigenvalue weighted by molar-refractivity contribution is 6.06. The van der Waals surface area contributed by atoms with Gasteiger partial charge in [-0.2, -0.15) is 0 Å². The first-order valence-electron chi connectivity index (χ1n) is 11.1. The molecular formula is C28H28N2O3. The highest BCUT2D eigenvalue weighted by Crippen LogP contribution is 2.50. The summed E-state index contributed by atoms with van der Waals surface area (Å²) in [6.45, 7) is 8.33. The van der Waals surface area contributed by atoms with Crippen molar-refractivity contribution in [3.8, 4) is 0 Å². The number of non-ortho nitro benzene ring substituents is 1. The minimum absolute atomic E-state index is 0.0706. The highest BCUT2D eigenvalue weighted by atomic mass is 16.6. The lowest BCUT2D eigenvalue weighted by Gasteiger charge is -2.51. The monoisotopic (exact) mass is 440 g/mol. The number of rotatable bonds is 4. The van der Waals surface area contributed by atoms with Crippen molar-refractivity contribution in [3.63, 3.8) is 0 Å². The minimum Gasteiger partial charge on any atom is -0.303 e. The van der Waals surface area contributed by atoms with Crippen LogP contribution in [0.4, 0.5) is 11.4 Å². The van der Waals surface area contributed by atoms with Gasteiger partial charge >= 0.3 is 0 Å². The number of nitro benzene ring substituents is 1. The molecule has 1 amide bonds. The number of amides is 1. The van der Waals surface area contributed by atoms with Gasteiger partial charge in [-0.3, -0.25) is 14.9 Å². The van der Waals surface area contributed by atoms with Crippen LogP contribution in [0, 0.1) is 17.0 Å². The Hall–Kier alpha value is -3.73. The Labute approximate surface area is 194 Å². The van der Waals surface area contributed by atoms with E-state index in [2.05, 4.69) is 26.8 Å². The lowest BCUT2D eigenvalue weighted by atomic mass is 9.65. The second-order valence-corrected chi connectivity index (χ2v) is 9.56. The Bertz CT molecular complexity index is 1230. The number of nitrogens with zero attached hydrogens (tertiary/aromatic N) is 2. The van der Waals surface area contributed by atoms with Crippen molar-refractivity contribution >= 4 is 23.4 Å². The maximum atomic E-state index is 13.4. The van der Waals surface area contributed by atoms with Crippen molar-refractivity contribution in [1.82, 2.24) is 0 Å². The molecule has 1 heterocycles. The number of carbonyl (C=O) groups excluding carboxylic acids is 1. The maximum Gasteiger partial charge on any atom is 0.269 e. The van der Waals surface area contributed by atoms with Crippen molar-refractivity contribution < 1.29 is 9.72 Å². The normalized spacial score (nSPS) is 19.3. The van der Waals surface area contributed by atoms with Crippen molar-refractivity contribution in [2.24, 2.45) is 0 Å². The molecule has 168 valence electrons. The van der Waals surface area contributed by atoms with E-state index in [0.29, 0.717) is 6.42 Å². The summed E-state index contributed by atoms with van der Waals surface area (Å²) < 4.78 is 0.